The zero-order valence-electron chi connectivity index (χ0n) is 12.7. The van der Waals surface area contributed by atoms with Crippen LogP contribution in [0.15, 0.2) is 47.6 Å². The molecule has 3 nitrogen and oxygen atoms in total. The highest BCUT2D eigenvalue weighted by Gasteiger charge is 2.27. The number of allylic oxidation sites excluding steroid dienone is 1. The molecule has 0 spiro atoms. The Kier molecular flexibility index (Phi) is 5.73. The van der Waals surface area contributed by atoms with Crippen molar-refractivity contribution in [2.75, 3.05) is 6.54 Å². The molecular weight excluding hydrogens is 260 g/mol. The molecule has 21 heavy (non-hydrogen) atoms. The zero-order chi connectivity index (χ0) is 15.1. The van der Waals surface area contributed by atoms with Crippen LogP contribution < -0.4 is 5.32 Å². The standard InChI is InChI=1S/C18H24N2O/c1-3-19-13-20-14(2)18(21)17-11-9-16(10-12-17)15-7-5-4-6-8-15/h4-8,13,16-17H,2-3,9-12H2,1H3,(H,19,20). The van der Waals surface area contributed by atoms with Crippen LogP contribution in [0.2, 0.25) is 0 Å². The van der Waals surface area contributed by atoms with E-state index >= 15 is 0 Å². The summed E-state index contributed by atoms with van der Waals surface area (Å²) in [4.78, 5) is 16.4. The summed E-state index contributed by atoms with van der Waals surface area (Å²) in [7, 11) is 0. The van der Waals surface area contributed by atoms with Crippen LogP contribution in [-0.2, 0) is 4.79 Å². The van der Waals surface area contributed by atoms with E-state index in [0.29, 0.717) is 18.2 Å². The average Bonchev–Trinajstić information content (AvgIpc) is 2.55. The van der Waals surface area contributed by atoms with Gasteiger partial charge < -0.3 is 5.32 Å². The summed E-state index contributed by atoms with van der Waals surface area (Å²) >= 11 is 0. The highest BCUT2D eigenvalue weighted by atomic mass is 16.1. The van der Waals surface area contributed by atoms with Crippen LogP contribution in [0.4, 0.5) is 0 Å². The lowest BCUT2D eigenvalue weighted by atomic mass is 9.77. The zero-order valence-corrected chi connectivity index (χ0v) is 12.7. The van der Waals surface area contributed by atoms with Gasteiger partial charge in [0.25, 0.3) is 0 Å². The maximum atomic E-state index is 12.3. The van der Waals surface area contributed by atoms with E-state index in [0.717, 1.165) is 25.7 Å². The summed E-state index contributed by atoms with van der Waals surface area (Å²) in [6.07, 6.45) is 5.62. The van der Waals surface area contributed by atoms with E-state index in [1.807, 2.05) is 13.0 Å². The normalized spacial score (nSPS) is 22.1. The summed E-state index contributed by atoms with van der Waals surface area (Å²) < 4.78 is 0. The molecule has 112 valence electrons. The van der Waals surface area contributed by atoms with E-state index in [1.54, 1.807) is 6.34 Å². The summed E-state index contributed by atoms with van der Waals surface area (Å²) in [5.74, 6) is 0.849. The number of nitrogens with one attached hydrogen (secondary N) is 1. The van der Waals surface area contributed by atoms with E-state index in [4.69, 9.17) is 0 Å². The van der Waals surface area contributed by atoms with Crippen molar-refractivity contribution in [1.82, 2.24) is 5.32 Å². The number of hydrogen-bond donors (Lipinski definition) is 1. The Labute approximate surface area is 127 Å². The van der Waals surface area contributed by atoms with Gasteiger partial charge in [-0.2, -0.15) is 0 Å². The summed E-state index contributed by atoms with van der Waals surface area (Å²) in [6.45, 7) is 6.48. The van der Waals surface area contributed by atoms with Crippen molar-refractivity contribution >= 4 is 12.1 Å². The molecule has 1 aliphatic rings. The van der Waals surface area contributed by atoms with Gasteiger partial charge in [-0.25, -0.2) is 0 Å². The van der Waals surface area contributed by atoms with E-state index < -0.39 is 0 Å². The molecule has 0 radical (unpaired) electrons. The van der Waals surface area contributed by atoms with Gasteiger partial charge in [0.1, 0.15) is 0 Å². The Morgan fingerprint density at radius 2 is 1.95 bits per heavy atom. The number of aliphatic imine (C=N–C) groups is 1. The molecule has 1 saturated carbocycles. The summed E-state index contributed by atoms with van der Waals surface area (Å²) in [6, 6.07) is 10.6. The van der Waals surface area contributed by atoms with Gasteiger partial charge in [0, 0.05) is 12.5 Å². The van der Waals surface area contributed by atoms with Crippen LogP contribution in [0, 0.1) is 5.92 Å². The van der Waals surface area contributed by atoms with Crippen molar-refractivity contribution in [3.05, 3.63) is 48.2 Å². The molecular formula is C18H24N2O. The minimum Gasteiger partial charge on any atom is -0.344 e. The molecule has 0 unspecified atom stereocenters. The fourth-order valence-corrected chi connectivity index (χ4v) is 2.95. The Hall–Kier alpha value is -1.90. The third-order valence-electron chi connectivity index (χ3n) is 4.18. The molecule has 1 fully saturated rings. The van der Waals surface area contributed by atoms with Gasteiger partial charge in [0.15, 0.2) is 5.78 Å². The number of nitrogens with zero attached hydrogens (tertiary/aromatic N) is 1. The number of benzene rings is 1. The molecule has 1 aromatic rings. The van der Waals surface area contributed by atoms with Crippen LogP contribution in [-0.4, -0.2) is 18.7 Å². The van der Waals surface area contributed by atoms with Crippen LogP contribution in [0.3, 0.4) is 0 Å². The van der Waals surface area contributed by atoms with Crippen LogP contribution >= 0.6 is 0 Å². The smallest absolute Gasteiger partial charge is 0.181 e. The Balaban J connectivity index is 1.84. The van der Waals surface area contributed by atoms with Crippen molar-refractivity contribution < 1.29 is 4.79 Å². The summed E-state index contributed by atoms with van der Waals surface area (Å²) in [5, 5.41) is 2.89. The van der Waals surface area contributed by atoms with Crippen molar-refractivity contribution in [2.24, 2.45) is 10.9 Å². The number of Topliss-reactive ketones (excluding diaryl/α,β-unsaturated/α-hetero) is 1. The van der Waals surface area contributed by atoms with Crippen molar-refractivity contribution in [3.8, 4) is 0 Å². The van der Waals surface area contributed by atoms with Crippen LogP contribution in [0.5, 0.6) is 0 Å². The molecule has 0 saturated heterocycles. The minimum absolute atomic E-state index is 0.111. The van der Waals surface area contributed by atoms with Gasteiger partial charge in [-0.05, 0) is 44.1 Å². The third-order valence-corrected chi connectivity index (χ3v) is 4.18. The molecule has 0 atom stereocenters. The first-order chi connectivity index (χ1) is 10.2. The van der Waals surface area contributed by atoms with Gasteiger partial charge in [-0.1, -0.05) is 36.9 Å². The summed E-state index contributed by atoms with van der Waals surface area (Å²) in [5.41, 5.74) is 1.87. The first-order valence-electron chi connectivity index (χ1n) is 7.75. The molecule has 1 aliphatic carbocycles. The predicted molar refractivity (Wildman–Crippen MR) is 87.5 cm³/mol. The second kappa shape index (κ2) is 7.77. The van der Waals surface area contributed by atoms with Crippen LogP contribution in [0.1, 0.15) is 44.1 Å². The maximum absolute atomic E-state index is 12.3. The van der Waals surface area contributed by atoms with E-state index in [2.05, 4.69) is 41.2 Å². The third kappa shape index (κ3) is 4.28. The molecule has 0 aliphatic heterocycles. The lowest BCUT2D eigenvalue weighted by Crippen LogP contribution is -2.27. The fourth-order valence-electron chi connectivity index (χ4n) is 2.95. The Morgan fingerprint density at radius 3 is 2.57 bits per heavy atom. The molecule has 0 heterocycles. The molecule has 0 bridgehead atoms. The molecule has 1 aromatic carbocycles. The van der Waals surface area contributed by atoms with Gasteiger partial charge in [0.2, 0.25) is 0 Å². The lowest BCUT2D eigenvalue weighted by molar-refractivity contribution is -0.120. The Bertz CT molecular complexity index is 499. The number of carbonyl (C=O) groups excluding carboxylic acids is 1. The number of carbonyl (C=O) groups is 1. The van der Waals surface area contributed by atoms with E-state index in [-0.39, 0.29) is 11.7 Å². The van der Waals surface area contributed by atoms with E-state index in [9.17, 15) is 4.79 Å². The first kappa shape index (κ1) is 15.5. The Morgan fingerprint density at radius 1 is 1.29 bits per heavy atom. The van der Waals surface area contributed by atoms with Gasteiger partial charge in [-0.3, -0.25) is 9.79 Å². The van der Waals surface area contributed by atoms with Crippen molar-refractivity contribution in [2.45, 2.75) is 38.5 Å². The van der Waals surface area contributed by atoms with Gasteiger partial charge in [-0.15, -0.1) is 0 Å². The van der Waals surface area contributed by atoms with Crippen molar-refractivity contribution in [1.29, 1.82) is 0 Å². The van der Waals surface area contributed by atoms with Crippen molar-refractivity contribution in [3.63, 3.8) is 0 Å². The molecule has 1 N–H and O–H groups in total. The largest absolute Gasteiger partial charge is 0.344 e. The maximum Gasteiger partial charge on any atom is 0.181 e. The molecule has 0 aromatic heterocycles. The average molecular weight is 284 g/mol. The topological polar surface area (TPSA) is 41.5 Å². The SMILES string of the molecule is C=C(NC=NCC)C(=O)C1CCC(c2ccccc2)CC1. The minimum atomic E-state index is 0.111. The first-order valence-corrected chi connectivity index (χ1v) is 7.75. The lowest BCUT2D eigenvalue weighted by Gasteiger charge is -2.28. The monoisotopic (exact) mass is 284 g/mol. The highest BCUT2D eigenvalue weighted by molar-refractivity contribution is 5.98. The van der Waals surface area contributed by atoms with Gasteiger partial charge in [0.05, 0.1) is 12.0 Å². The van der Waals surface area contributed by atoms with Crippen LogP contribution in [0.25, 0.3) is 0 Å². The quantitative estimate of drug-likeness (QED) is 0.492. The highest BCUT2D eigenvalue weighted by Crippen LogP contribution is 2.36. The predicted octanol–water partition coefficient (Wildman–Crippen LogP) is 3.68. The second-order valence-electron chi connectivity index (χ2n) is 5.57. The number of ketones is 1. The molecule has 2 rings (SSSR count). The van der Waals surface area contributed by atoms with E-state index in [1.165, 1.54) is 5.56 Å². The molecule has 0 amide bonds. The second-order valence-corrected chi connectivity index (χ2v) is 5.57. The van der Waals surface area contributed by atoms with Gasteiger partial charge >= 0.3 is 0 Å². The molecule has 3 heteroatoms. The number of hydrogen-bond acceptors (Lipinski definition) is 2. The fraction of sp³-hybridized carbons (Fsp3) is 0.444. The number of rotatable bonds is 6.